The van der Waals surface area contributed by atoms with Crippen molar-refractivity contribution in [2.24, 2.45) is 0 Å². The molecule has 0 aliphatic carbocycles. The Morgan fingerprint density at radius 3 is 2.48 bits per heavy atom. The van der Waals surface area contributed by atoms with E-state index >= 15 is 0 Å². The summed E-state index contributed by atoms with van der Waals surface area (Å²) in [6, 6.07) is 13.3. The maximum Gasteiger partial charge on any atom is 0.420 e. The predicted molar refractivity (Wildman–Crippen MR) is 149 cm³/mol. The first-order valence-corrected chi connectivity index (χ1v) is 12.5. The SMILES string of the molecule is COc1c(NC(=O)Nc2cccc(-c3cn4ccnc4c(-n4ccnc4-c4ccncc4)n3)c2)cccc1C(F)(F)F. The van der Waals surface area contributed by atoms with Gasteiger partial charge in [0.1, 0.15) is 5.82 Å². The van der Waals surface area contributed by atoms with Crippen LogP contribution in [0.25, 0.3) is 34.1 Å². The maximum absolute atomic E-state index is 13.4. The lowest BCUT2D eigenvalue weighted by atomic mass is 10.1. The molecule has 0 spiro atoms. The molecule has 6 aromatic rings. The number of para-hydroxylation sites is 1. The number of pyridine rings is 1. The van der Waals surface area contributed by atoms with Crippen LogP contribution in [0.4, 0.5) is 29.3 Å². The molecule has 10 nitrogen and oxygen atoms in total. The van der Waals surface area contributed by atoms with E-state index in [4.69, 9.17) is 9.72 Å². The molecular formula is C29H21F3N8O2. The van der Waals surface area contributed by atoms with Crippen LogP contribution in [0.1, 0.15) is 5.56 Å². The monoisotopic (exact) mass is 570 g/mol. The number of nitrogens with zero attached hydrogens (tertiary/aromatic N) is 6. The molecule has 6 rings (SSSR count). The average Bonchev–Trinajstić information content (AvgIpc) is 3.67. The minimum atomic E-state index is -4.65. The van der Waals surface area contributed by atoms with Gasteiger partial charge in [0.25, 0.3) is 0 Å². The van der Waals surface area contributed by atoms with Gasteiger partial charge in [0.15, 0.2) is 17.2 Å². The van der Waals surface area contributed by atoms with Crippen molar-refractivity contribution in [1.29, 1.82) is 0 Å². The van der Waals surface area contributed by atoms with Gasteiger partial charge in [0, 0.05) is 60.2 Å². The summed E-state index contributed by atoms with van der Waals surface area (Å²) in [6.07, 6.45) is 7.45. The van der Waals surface area contributed by atoms with E-state index < -0.39 is 23.5 Å². The molecule has 13 heteroatoms. The van der Waals surface area contributed by atoms with Crippen molar-refractivity contribution in [3.63, 3.8) is 0 Å². The second kappa shape index (κ2) is 10.7. The third kappa shape index (κ3) is 5.10. The molecule has 4 aromatic heterocycles. The van der Waals surface area contributed by atoms with Gasteiger partial charge in [-0.3, -0.25) is 9.55 Å². The zero-order valence-electron chi connectivity index (χ0n) is 21.9. The Bertz CT molecular complexity index is 1900. The van der Waals surface area contributed by atoms with E-state index in [0.717, 1.165) is 18.7 Å². The van der Waals surface area contributed by atoms with Gasteiger partial charge >= 0.3 is 12.2 Å². The number of hydrogen-bond donors (Lipinski definition) is 2. The van der Waals surface area contributed by atoms with Gasteiger partial charge in [0.2, 0.25) is 0 Å². The molecule has 0 unspecified atom stereocenters. The number of carbonyl (C=O) groups excluding carboxylic acids is 1. The number of hydrogen-bond acceptors (Lipinski definition) is 6. The number of amides is 2. The number of ether oxygens (including phenoxy) is 1. The lowest BCUT2D eigenvalue weighted by molar-refractivity contribution is -0.138. The Kier molecular flexibility index (Phi) is 6.74. The third-order valence-corrected chi connectivity index (χ3v) is 6.35. The topological polar surface area (TPSA) is 111 Å². The third-order valence-electron chi connectivity index (χ3n) is 6.35. The molecule has 0 bridgehead atoms. The van der Waals surface area contributed by atoms with Crippen LogP contribution in [0.3, 0.4) is 0 Å². The summed E-state index contributed by atoms with van der Waals surface area (Å²) in [6.45, 7) is 0. The first kappa shape index (κ1) is 26.5. The number of anilines is 2. The Morgan fingerprint density at radius 2 is 1.69 bits per heavy atom. The number of halogens is 3. The number of alkyl halides is 3. The fourth-order valence-electron chi connectivity index (χ4n) is 4.52. The number of imidazole rings is 2. The molecule has 0 saturated heterocycles. The van der Waals surface area contributed by atoms with Crippen molar-refractivity contribution in [3.8, 4) is 34.2 Å². The fourth-order valence-corrected chi connectivity index (χ4v) is 4.52. The van der Waals surface area contributed by atoms with Gasteiger partial charge in [-0.2, -0.15) is 13.2 Å². The normalized spacial score (nSPS) is 11.4. The molecule has 0 radical (unpaired) electrons. The molecule has 0 aliphatic heterocycles. The Morgan fingerprint density at radius 1 is 0.905 bits per heavy atom. The first-order chi connectivity index (χ1) is 20.3. The zero-order valence-corrected chi connectivity index (χ0v) is 21.9. The Balaban J connectivity index is 1.31. The van der Waals surface area contributed by atoms with Crippen molar-refractivity contribution in [3.05, 3.63) is 104 Å². The van der Waals surface area contributed by atoms with E-state index in [9.17, 15) is 18.0 Å². The van der Waals surface area contributed by atoms with E-state index in [2.05, 4.69) is 25.6 Å². The second-order valence-electron chi connectivity index (χ2n) is 9.01. The molecule has 2 N–H and O–H groups in total. The number of rotatable bonds is 6. The molecule has 4 heterocycles. The van der Waals surface area contributed by atoms with E-state index in [-0.39, 0.29) is 5.69 Å². The lowest BCUT2D eigenvalue weighted by Crippen LogP contribution is -2.20. The lowest BCUT2D eigenvalue weighted by Gasteiger charge is -2.16. The highest BCUT2D eigenvalue weighted by molar-refractivity contribution is 6.01. The van der Waals surface area contributed by atoms with E-state index in [1.165, 1.54) is 12.1 Å². The van der Waals surface area contributed by atoms with Crippen molar-refractivity contribution < 1.29 is 22.7 Å². The van der Waals surface area contributed by atoms with Gasteiger partial charge in [-0.25, -0.2) is 19.7 Å². The second-order valence-corrected chi connectivity index (χ2v) is 9.01. The molecule has 0 saturated carbocycles. The molecule has 0 fully saturated rings. The fraction of sp³-hybridized carbons (Fsp3) is 0.0690. The van der Waals surface area contributed by atoms with E-state index in [0.29, 0.717) is 34.2 Å². The molecular weight excluding hydrogens is 549 g/mol. The number of nitrogens with one attached hydrogen (secondary N) is 2. The number of aromatic nitrogens is 6. The molecule has 2 amide bonds. The van der Waals surface area contributed by atoms with Gasteiger partial charge in [-0.1, -0.05) is 18.2 Å². The van der Waals surface area contributed by atoms with Gasteiger partial charge in [-0.05, 0) is 36.4 Å². The summed E-state index contributed by atoms with van der Waals surface area (Å²) >= 11 is 0. The molecule has 0 aliphatic rings. The highest BCUT2D eigenvalue weighted by atomic mass is 19.4. The van der Waals surface area contributed by atoms with Gasteiger partial charge in [-0.15, -0.1) is 0 Å². The van der Waals surface area contributed by atoms with Crippen LogP contribution >= 0.6 is 0 Å². The van der Waals surface area contributed by atoms with Gasteiger partial charge in [0.05, 0.1) is 24.1 Å². The average molecular weight is 571 g/mol. The maximum atomic E-state index is 13.4. The summed E-state index contributed by atoms with van der Waals surface area (Å²) < 4.78 is 48.8. The minimum Gasteiger partial charge on any atom is -0.494 e. The van der Waals surface area contributed by atoms with Crippen LogP contribution in [0.2, 0.25) is 0 Å². The van der Waals surface area contributed by atoms with Crippen molar-refractivity contribution >= 4 is 23.1 Å². The first-order valence-electron chi connectivity index (χ1n) is 12.5. The largest absolute Gasteiger partial charge is 0.494 e. The summed E-state index contributed by atoms with van der Waals surface area (Å²) in [5.41, 5.74) is 1.98. The van der Waals surface area contributed by atoms with Gasteiger partial charge < -0.3 is 19.8 Å². The Labute approximate surface area is 236 Å². The van der Waals surface area contributed by atoms with E-state index in [1.807, 2.05) is 33.4 Å². The van der Waals surface area contributed by atoms with Crippen LogP contribution in [0.5, 0.6) is 5.75 Å². The number of fused-ring (bicyclic) bond motifs is 1. The van der Waals surface area contributed by atoms with Crippen molar-refractivity contribution in [2.45, 2.75) is 6.18 Å². The summed E-state index contributed by atoms with van der Waals surface area (Å²) in [7, 11) is 1.11. The quantitative estimate of drug-likeness (QED) is 0.243. The molecule has 2 aromatic carbocycles. The van der Waals surface area contributed by atoms with Crippen LogP contribution in [-0.4, -0.2) is 42.0 Å². The van der Waals surface area contributed by atoms with Crippen LogP contribution in [0, 0.1) is 0 Å². The van der Waals surface area contributed by atoms with Crippen molar-refractivity contribution in [2.75, 3.05) is 17.7 Å². The summed E-state index contributed by atoms with van der Waals surface area (Å²) in [5.74, 6) is 0.712. The highest BCUT2D eigenvalue weighted by Crippen LogP contribution is 2.40. The number of methoxy groups -OCH3 is 1. The predicted octanol–water partition coefficient (Wildman–Crippen LogP) is 6.32. The molecule has 0 atom stereocenters. The van der Waals surface area contributed by atoms with E-state index in [1.54, 1.807) is 55.4 Å². The summed E-state index contributed by atoms with van der Waals surface area (Å²) in [5, 5.41) is 5.09. The molecule has 42 heavy (non-hydrogen) atoms. The molecule has 210 valence electrons. The number of benzene rings is 2. The minimum absolute atomic E-state index is 0.122. The standard InChI is InChI=1S/C29H21F3N8O2/c1-42-24-21(29(30,31)32)6-3-7-22(24)38-28(41)36-20-5-2-4-19(16-20)23-17-39-14-12-35-26(39)27(37-23)40-15-13-34-25(40)18-8-10-33-11-9-18/h2-17H,1H3,(H2,36,38,41). The van der Waals surface area contributed by atoms with Crippen LogP contribution in [0.15, 0.2) is 98.0 Å². The number of carbonyl (C=O) groups is 1. The van der Waals surface area contributed by atoms with Crippen LogP contribution < -0.4 is 15.4 Å². The summed E-state index contributed by atoms with van der Waals surface area (Å²) in [4.78, 5) is 30.7. The smallest absolute Gasteiger partial charge is 0.420 e. The van der Waals surface area contributed by atoms with Crippen LogP contribution in [-0.2, 0) is 6.18 Å². The highest BCUT2D eigenvalue weighted by Gasteiger charge is 2.35. The van der Waals surface area contributed by atoms with Crippen molar-refractivity contribution in [1.82, 2.24) is 28.9 Å². The zero-order chi connectivity index (χ0) is 29.3. The Hall–Kier alpha value is -5.72. The number of urea groups is 1.